The van der Waals surface area contributed by atoms with Crippen LogP contribution in [0.3, 0.4) is 0 Å². The van der Waals surface area contributed by atoms with Gasteiger partial charge < -0.3 is 29.3 Å². The van der Waals surface area contributed by atoms with E-state index in [-0.39, 0.29) is 48.7 Å². The zero-order chi connectivity index (χ0) is 37.7. The van der Waals surface area contributed by atoms with E-state index in [4.69, 9.17) is 9.47 Å². The summed E-state index contributed by atoms with van der Waals surface area (Å²) in [5.74, 6) is -3.26. The Morgan fingerprint density at radius 2 is 1.77 bits per heavy atom. The average Bonchev–Trinajstić information content (AvgIpc) is 3.73. The number of carbonyl (C=O) groups excluding carboxylic acids is 4. The number of hydrogen-bond donors (Lipinski definition) is 1. The average molecular weight is 779 g/mol. The summed E-state index contributed by atoms with van der Waals surface area (Å²) in [7, 11) is 1.69. The Kier molecular flexibility index (Phi) is 12.8. The van der Waals surface area contributed by atoms with Gasteiger partial charge in [-0.25, -0.2) is 0 Å². The smallest absolute Gasteiger partial charge is 0.313 e. The van der Waals surface area contributed by atoms with Crippen molar-refractivity contribution in [2.24, 2.45) is 11.8 Å². The molecule has 2 bridgehead atoms. The van der Waals surface area contributed by atoms with Crippen molar-refractivity contribution in [1.82, 2.24) is 9.80 Å². The van der Waals surface area contributed by atoms with Crippen molar-refractivity contribution < 1.29 is 33.8 Å². The molecule has 0 saturated carbocycles. The van der Waals surface area contributed by atoms with Gasteiger partial charge in [-0.15, -0.1) is 13.2 Å². The van der Waals surface area contributed by atoms with Crippen molar-refractivity contribution in [1.29, 1.82) is 0 Å². The Labute approximate surface area is 315 Å². The van der Waals surface area contributed by atoms with E-state index in [1.807, 2.05) is 69.3 Å². The molecule has 5 rings (SSSR count). The van der Waals surface area contributed by atoms with Gasteiger partial charge in [-0.1, -0.05) is 76.6 Å². The highest BCUT2D eigenvalue weighted by Crippen LogP contribution is 2.60. The molecule has 2 aromatic rings. The van der Waals surface area contributed by atoms with E-state index in [0.717, 1.165) is 16.8 Å². The fourth-order valence-corrected chi connectivity index (χ4v) is 9.36. The summed E-state index contributed by atoms with van der Waals surface area (Å²) in [5, 5.41) is 9.44. The minimum absolute atomic E-state index is 0.0303. The van der Waals surface area contributed by atoms with Crippen LogP contribution in [0.15, 0.2) is 73.8 Å². The normalized spacial score (nSPS) is 25.7. The van der Waals surface area contributed by atoms with Gasteiger partial charge in [0.05, 0.1) is 24.0 Å². The van der Waals surface area contributed by atoms with Crippen LogP contribution in [-0.2, 0) is 28.7 Å². The predicted molar refractivity (Wildman–Crippen MR) is 204 cm³/mol. The second kappa shape index (κ2) is 16.9. The minimum Gasteiger partial charge on any atom is -0.455 e. The van der Waals surface area contributed by atoms with Crippen LogP contribution in [0.4, 0.5) is 5.69 Å². The molecule has 1 unspecified atom stereocenters. The number of hydrogen-bond acceptors (Lipinski definition) is 7. The third-order valence-electron chi connectivity index (χ3n) is 11.0. The van der Waals surface area contributed by atoms with Gasteiger partial charge in [0.2, 0.25) is 11.8 Å². The topological polar surface area (TPSA) is 117 Å². The second-order valence-electron chi connectivity index (χ2n) is 14.3. The van der Waals surface area contributed by atoms with E-state index in [9.17, 15) is 19.5 Å². The monoisotopic (exact) mass is 777 g/mol. The Morgan fingerprint density at radius 3 is 2.40 bits per heavy atom. The van der Waals surface area contributed by atoms with E-state index in [2.05, 4.69) is 29.1 Å². The highest BCUT2D eigenvalue weighted by molar-refractivity contribution is 9.09. The number of ether oxygens (including phenoxy) is 2. The molecule has 0 aliphatic carbocycles. The number of amides is 3. The molecular weight excluding hydrogens is 726 g/mol. The molecule has 3 fully saturated rings. The lowest BCUT2D eigenvalue weighted by Crippen LogP contribution is -2.57. The third kappa shape index (κ3) is 7.37. The molecule has 0 radical (unpaired) electrons. The van der Waals surface area contributed by atoms with Crippen molar-refractivity contribution >= 4 is 45.3 Å². The van der Waals surface area contributed by atoms with Gasteiger partial charge in [0.25, 0.3) is 5.91 Å². The van der Waals surface area contributed by atoms with Crippen LogP contribution < -0.4 is 4.90 Å². The number of benzene rings is 2. The van der Waals surface area contributed by atoms with Gasteiger partial charge in [0.15, 0.2) is 0 Å². The second-order valence-corrected chi connectivity index (χ2v) is 15.5. The van der Waals surface area contributed by atoms with Crippen LogP contribution >= 0.6 is 15.9 Å². The predicted octanol–water partition coefficient (Wildman–Crippen LogP) is 5.83. The number of anilines is 1. The summed E-state index contributed by atoms with van der Waals surface area (Å²) in [6, 6.07) is 13.6. The Morgan fingerprint density at radius 1 is 1.08 bits per heavy atom. The highest BCUT2D eigenvalue weighted by atomic mass is 79.9. The third-order valence-corrected chi connectivity index (χ3v) is 11.9. The Hall–Kier alpha value is -3.80. The lowest BCUT2D eigenvalue weighted by atomic mass is 9.70. The summed E-state index contributed by atoms with van der Waals surface area (Å²) < 4.78 is 13.2. The van der Waals surface area contributed by atoms with Crippen molar-refractivity contribution in [2.45, 2.75) is 94.0 Å². The number of para-hydroxylation sites is 1. The number of aryl methyl sites for hydroxylation is 2. The summed E-state index contributed by atoms with van der Waals surface area (Å²) in [5.41, 5.74) is 2.01. The SMILES string of the molecule is C=CCCC(=O)N(C)[C@@H](C)[C@@H](OC(=O)[C@H]1[C@@H]2O[C@@]3(CC2Br)[C@@H]1C(=O)N(CCCCCO)[C@@H]3C(=O)N(CC=C)c1c(C)cccc1C)c1ccccc1. The zero-order valence-corrected chi connectivity index (χ0v) is 32.3. The molecule has 3 amide bonds. The molecule has 10 nitrogen and oxygen atoms in total. The molecule has 8 atom stereocenters. The van der Waals surface area contributed by atoms with E-state index in [1.165, 1.54) is 0 Å². The van der Waals surface area contributed by atoms with E-state index in [1.54, 1.807) is 33.9 Å². The number of carbonyl (C=O) groups is 4. The van der Waals surface area contributed by atoms with Crippen molar-refractivity contribution in [3.8, 4) is 0 Å². The minimum atomic E-state index is -1.28. The summed E-state index contributed by atoms with van der Waals surface area (Å²) in [6.45, 7) is 13.9. The summed E-state index contributed by atoms with van der Waals surface area (Å²) >= 11 is 3.78. The highest BCUT2D eigenvalue weighted by Gasteiger charge is 2.77. The van der Waals surface area contributed by atoms with Crippen LogP contribution in [0.25, 0.3) is 0 Å². The van der Waals surface area contributed by atoms with Crippen molar-refractivity contribution in [2.75, 3.05) is 31.6 Å². The van der Waals surface area contributed by atoms with Crippen LogP contribution in [0.1, 0.15) is 68.2 Å². The first-order valence-electron chi connectivity index (χ1n) is 18.3. The van der Waals surface area contributed by atoms with Gasteiger partial charge in [-0.2, -0.15) is 0 Å². The number of likely N-dealkylation sites (N-methyl/N-ethyl adjacent to an activating group) is 1. The number of rotatable bonds is 17. The standard InChI is InChI=1S/C41H52BrN3O7/c1-7-9-21-31(47)43(6)28(5)35(29-19-12-10-13-20-29)51-40(50)32-33-38(48)45(23-14-11-15-24-46)37(41(33)25-30(42)36(32)52-41)39(49)44(22-8-2)34-26(3)17-16-18-27(34)4/h7-8,10,12-13,16-20,28,30,32-33,35-37,46H,1-2,9,11,14-15,21-25H2,3-6H3/t28-,30?,32+,33-,35+,36+,37+,41-/m0/s1. The Bertz CT molecular complexity index is 1630. The van der Waals surface area contributed by atoms with E-state index < -0.39 is 47.7 Å². The number of fused-ring (bicyclic) bond motifs is 1. The molecule has 3 saturated heterocycles. The molecule has 2 aromatic carbocycles. The van der Waals surface area contributed by atoms with Crippen LogP contribution in [0.5, 0.6) is 0 Å². The number of likely N-dealkylation sites (tertiary alicyclic amines) is 1. The number of nitrogens with zero attached hydrogens (tertiary/aromatic N) is 3. The number of aliphatic hydroxyl groups excluding tert-OH is 1. The quantitative estimate of drug-likeness (QED) is 0.0931. The number of alkyl halides is 1. The van der Waals surface area contributed by atoms with Gasteiger partial charge >= 0.3 is 5.97 Å². The molecule has 280 valence electrons. The molecule has 1 spiro atoms. The number of esters is 1. The van der Waals surface area contributed by atoms with E-state index in [0.29, 0.717) is 37.7 Å². The number of aliphatic hydroxyl groups is 1. The number of unbranched alkanes of at least 4 members (excludes halogenated alkanes) is 2. The molecule has 1 N–H and O–H groups in total. The Balaban J connectivity index is 1.53. The number of halogens is 1. The molecule has 11 heteroatoms. The molecule has 3 aliphatic heterocycles. The molecular formula is C41H52BrN3O7. The molecule has 3 heterocycles. The first kappa shape index (κ1) is 39.4. The summed E-state index contributed by atoms with van der Waals surface area (Å²) in [6.07, 6.45) is 4.79. The maximum Gasteiger partial charge on any atom is 0.313 e. The van der Waals surface area contributed by atoms with Crippen molar-refractivity contribution in [3.05, 3.63) is 90.5 Å². The van der Waals surface area contributed by atoms with Gasteiger partial charge in [0.1, 0.15) is 17.7 Å². The van der Waals surface area contributed by atoms with E-state index >= 15 is 4.79 Å². The lowest BCUT2D eigenvalue weighted by Gasteiger charge is -2.38. The van der Waals surface area contributed by atoms with Gasteiger partial charge in [-0.05, 0) is 69.6 Å². The van der Waals surface area contributed by atoms with Crippen molar-refractivity contribution in [3.63, 3.8) is 0 Å². The maximum atomic E-state index is 15.0. The molecule has 3 aliphatic rings. The zero-order valence-electron chi connectivity index (χ0n) is 30.7. The summed E-state index contributed by atoms with van der Waals surface area (Å²) in [4.78, 5) is 62.0. The fraction of sp³-hybridized carbons (Fsp3) is 0.512. The largest absolute Gasteiger partial charge is 0.455 e. The van der Waals surface area contributed by atoms with Crippen LogP contribution in [0, 0.1) is 25.7 Å². The number of allylic oxidation sites excluding steroid dienone is 1. The molecule has 52 heavy (non-hydrogen) atoms. The molecule has 0 aromatic heterocycles. The fourth-order valence-electron chi connectivity index (χ4n) is 8.41. The maximum absolute atomic E-state index is 15.0. The first-order valence-corrected chi connectivity index (χ1v) is 19.2. The van der Waals surface area contributed by atoms with Crippen LogP contribution in [-0.4, -0.2) is 94.0 Å². The van der Waals surface area contributed by atoms with Gasteiger partial charge in [0, 0.05) is 43.7 Å². The lowest BCUT2D eigenvalue weighted by molar-refractivity contribution is -0.164. The van der Waals surface area contributed by atoms with Gasteiger partial charge in [-0.3, -0.25) is 19.2 Å². The first-order chi connectivity index (χ1) is 24.9. The van der Waals surface area contributed by atoms with Crippen LogP contribution in [0.2, 0.25) is 0 Å².